The van der Waals surface area contributed by atoms with Crippen molar-refractivity contribution in [3.8, 4) is 0 Å². The van der Waals surface area contributed by atoms with Gasteiger partial charge in [0.15, 0.2) is 0 Å². The Labute approximate surface area is 167 Å². The summed E-state index contributed by atoms with van der Waals surface area (Å²) in [6, 6.07) is 17.1. The van der Waals surface area contributed by atoms with Gasteiger partial charge in [-0.15, -0.1) is 0 Å². The molecule has 0 aromatic heterocycles. The molecule has 2 aromatic rings. The van der Waals surface area contributed by atoms with Crippen LogP contribution in [-0.4, -0.2) is 31.2 Å². The summed E-state index contributed by atoms with van der Waals surface area (Å²) in [5.41, 5.74) is 4.03. The van der Waals surface area contributed by atoms with E-state index in [0.29, 0.717) is 6.54 Å². The van der Waals surface area contributed by atoms with Crippen LogP contribution in [0, 0.1) is 0 Å². The Morgan fingerprint density at radius 1 is 1.07 bits per heavy atom. The van der Waals surface area contributed by atoms with Gasteiger partial charge < -0.3 is 15.1 Å². The van der Waals surface area contributed by atoms with Crippen molar-refractivity contribution in [1.82, 2.24) is 5.32 Å². The van der Waals surface area contributed by atoms with E-state index in [4.69, 9.17) is 0 Å². The van der Waals surface area contributed by atoms with Crippen molar-refractivity contribution >= 4 is 23.4 Å². The first-order valence-electron chi connectivity index (χ1n) is 10.2. The first-order valence-corrected chi connectivity index (χ1v) is 10.2. The second-order valence-corrected chi connectivity index (χ2v) is 8.14. The maximum Gasteiger partial charge on any atom is 0.241 e. The summed E-state index contributed by atoms with van der Waals surface area (Å²) in [4.78, 5) is 16.9. The number of amides is 1. The molecule has 1 saturated heterocycles. The van der Waals surface area contributed by atoms with Gasteiger partial charge in [-0.3, -0.25) is 4.79 Å². The molecule has 0 spiro atoms. The van der Waals surface area contributed by atoms with E-state index < -0.39 is 5.66 Å². The lowest BCUT2D eigenvalue weighted by atomic mass is 9.75. The Kier molecular flexibility index (Phi) is 4.45. The predicted molar refractivity (Wildman–Crippen MR) is 117 cm³/mol. The fourth-order valence-corrected chi connectivity index (χ4v) is 4.74. The van der Waals surface area contributed by atoms with Gasteiger partial charge in [-0.05, 0) is 49.2 Å². The number of hydrogen-bond acceptors (Lipinski definition) is 3. The SMILES string of the molecule is CCN(CC)c1ccc(/C=C/C23NC(=O)CN2c2ccccc2C3(C)C)cc1. The Bertz CT molecular complexity index is 912. The molecule has 4 nitrogen and oxygen atoms in total. The fraction of sp³-hybridized carbons (Fsp3) is 0.375. The molecule has 4 heteroatoms. The number of carbonyl (C=O) groups excluding carboxylic acids is 1. The van der Waals surface area contributed by atoms with Crippen LogP contribution in [0.25, 0.3) is 6.08 Å². The first kappa shape index (κ1) is 18.6. The van der Waals surface area contributed by atoms with E-state index in [1.165, 1.54) is 11.3 Å². The summed E-state index contributed by atoms with van der Waals surface area (Å²) < 4.78 is 0. The third-order valence-electron chi connectivity index (χ3n) is 6.42. The zero-order chi connectivity index (χ0) is 19.9. The Morgan fingerprint density at radius 2 is 1.75 bits per heavy atom. The second kappa shape index (κ2) is 6.69. The predicted octanol–water partition coefficient (Wildman–Crippen LogP) is 4.17. The van der Waals surface area contributed by atoms with Crippen molar-refractivity contribution in [2.45, 2.75) is 38.8 Å². The van der Waals surface area contributed by atoms with Gasteiger partial charge in [0.2, 0.25) is 5.91 Å². The lowest BCUT2D eigenvalue weighted by molar-refractivity contribution is -0.118. The average Bonchev–Trinajstić information content (AvgIpc) is 3.13. The van der Waals surface area contributed by atoms with E-state index >= 15 is 0 Å². The van der Waals surface area contributed by atoms with Crippen LogP contribution >= 0.6 is 0 Å². The minimum Gasteiger partial charge on any atom is -0.372 e. The molecular weight excluding hydrogens is 346 g/mol. The summed E-state index contributed by atoms with van der Waals surface area (Å²) >= 11 is 0. The molecule has 0 saturated carbocycles. The molecule has 1 atom stereocenters. The highest BCUT2D eigenvalue weighted by atomic mass is 16.2. The zero-order valence-corrected chi connectivity index (χ0v) is 17.2. The second-order valence-electron chi connectivity index (χ2n) is 8.14. The van der Waals surface area contributed by atoms with Gasteiger partial charge in [0.05, 0.1) is 6.54 Å². The van der Waals surface area contributed by atoms with E-state index in [-0.39, 0.29) is 11.3 Å². The summed E-state index contributed by atoms with van der Waals surface area (Å²) in [6.45, 7) is 11.2. The number of nitrogens with zero attached hydrogens (tertiary/aromatic N) is 2. The molecule has 2 heterocycles. The van der Waals surface area contributed by atoms with Crippen LogP contribution in [0.2, 0.25) is 0 Å². The van der Waals surface area contributed by atoms with Crippen molar-refractivity contribution in [2.75, 3.05) is 29.4 Å². The summed E-state index contributed by atoms with van der Waals surface area (Å²) in [5.74, 6) is 0.0732. The molecule has 0 bridgehead atoms. The van der Waals surface area contributed by atoms with Crippen LogP contribution in [0.15, 0.2) is 54.6 Å². The molecule has 28 heavy (non-hydrogen) atoms. The number of rotatable bonds is 5. The molecule has 2 aliphatic heterocycles. The standard InChI is InChI=1S/C24H29N3O/c1-5-26(6-2)19-13-11-18(12-14-19)15-16-24-23(3,4)20-9-7-8-10-21(20)27(24)17-22(28)25-24/h7-16H,5-6,17H2,1-4H3,(H,25,28)/b16-15+. The summed E-state index contributed by atoms with van der Waals surface area (Å²) in [6.07, 6.45) is 4.31. The molecule has 0 radical (unpaired) electrons. The number of hydrogen-bond donors (Lipinski definition) is 1. The highest BCUT2D eigenvalue weighted by Gasteiger charge is 2.59. The topological polar surface area (TPSA) is 35.6 Å². The van der Waals surface area contributed by atoms with Crippen LogP contribution in [-0.2, 0) is 10.2 Å². The molecule has 2 aliphatic rings. The zero-order valence-electron chi connectivity index (χ0n) is 17.2. The number of carbonyl (C=O) groups is 1. The van der Waals surface area contributed by atoms with Gasteiger partial charge in [0, 0.05) is 29.9 Å². The van der Waals surface area contributed by atoms with E-state index in [0.717, 1.165) is 24.3 Å². The largest absolute Gasteiger partial charge is 0.372 e. The Morgan fingerprint density at radius 3 is 2.43 bits per heavy atom. The highest BCUT2D eigenvalue weighted by Crippen LogP contribution is 2.52. The van der Waals surface area contributed by atoms with Crippen molar-refractivity contribution in [2.24, 2.45) is 0 Å². The fourth-order valence-electron chi connectivity index (χ4n) is 4.74. The van der Waals surface area contributed by atoms with Gasteiger partial charge in [-0.1, -0.05) is 50.3 Å². The molecular formula is C24H29N3O. The van der Waals surface area contributed by atoms with E-state index in [9.17, 15) is 4.79 Å². The van der Waals surface area contributed by atoms with Gasteiger partial charge in [0.1, 0.15) is 5.66 Å². The normalized spacial score (nSPS) is 22.3. The molecule has 0 aliphatic carbocycles. The molecule has 1 amide bonds. The number of nitrogens with one attached hydrogen (secondary N) is 1. The number of fused-ring (bicyclic) bond motifs is 3. The van der Waals surface area contributed by atoms with Crippen LogP contribution < -0.4 is 15.1 Å². The van der Waals surface area contributed by atoms with Gasteiger partial charge in [-0.25, -0.2) is 0 Å². The molecule has 146 valence electrons. The lowest BCUT2D eigenvalue weighted by Gasteiger charge is -2.40. The van der Waals surface area contributed by atoms with Crippen molar-refractivity contribution in [1.29, 1.82) is 0 Å². The lowest BCUT2D eigenvalue weighted by Crippen LogP contribution is -2.58. The van der Waals surface area contributed by atoms with E-state index in [1.54, 1.807) is 0 Å². The Balaban J connectivity index is 1.69. The minimum atomic E-state index is -0.536. The summed E-state index contributed by atoms with van der Waals surface area (Å²) in [7, 11) is 0. The molecule has 1 N–H and O–H groups in total. The van der Waals surface area contributed by atoms with Crippen LogP contribution in [0.5, 0.6) is 0 Å². The first-order chi connectivity index (χ1) is 13.4. The minimum absolute atomic E-state index is 0.0732. The van der Waals surface area contributed by atoms with Gasteiger partial charge >= 0.3 is 0 Å². The summed E-state index contributed by atoms with van der Waals surface area (Å²) in [5, 5.41) is 3.28. The van der Waals surface area contributed by atoms with Crippen molar-refractivity contribution in [3.63, 3.8) is 0 Å². The monoisotopic (exact) mass is 375 g/mol. The van der Waals surface area contributed by atoms with Crippen molar-refractivity contribution < 1.29 is 4.79 Å². The Hall–Kier alpha value is -2.75. The van der Waals surface area contributed by atoms with E-state index in [1.807, 2.05) is 6.07 Å². The average molecular weight is 376 g/mol. The van der Waals surface area contributed by atoms with Crippen LogP contribution in [0.1, 0.15) is 38.8 Å². The maximum atomic E-state index is 12.4. The van der Waals surface area contributed by atoms with Crippen LogP contribution in [0.4, 0.5) is 11.4 Å². The third kappa shape index (κ3) is 2.62. The maximum absolute atomic E-state index is 12.4. The smallest absolute Gasteiger partial charge is 0.241 e. The molecule has 2 aromatic carbocycles. The van der Waals surface area contributed by atoms with E-state index in [2.05, 4.69) is 97.4 Å². The highest BCUT2D eigenvalue weighted by molar-refractivity contribution is 5.91. The van der Waals surface area contributed by atoms with Gasteiger partial charge in [-0.2, -0.15) is 0 Å². The quantitative estimate of drug-likeness (QED) is 0.852. The number of para-hydroxylation sites is 1. The molecule has 1 fully saturated rings. The third-order valence-corrected chi connectivity index (χ3v) is 6.42. The molecule has 1 unspecified atom stereocenters. The number of benzene rings is 2. The van der Waals surface area contributed by atoms with Crippen LogP contribution in [0.3, 0.4) is 0 Å². The number of anilines is 2. The molecule has 4 rings (SSSR count). The van der Waals surface area contributed by atoms with Gasteiger partial charge in [0.25, 0.3) is 0 Å². The van der Waals surface area contributed by atoms with Crippen molar-refractivity contribution in [3.05, 3.63) is 65.7 Å².